The zero-order valence-corrected chi connectivity index (χ0v) is 12.2. The Morgan fingerprint density at radius 1 is 1.21 bits per heavy atom. The molecule has 19 heavy (non-hydrogen) atoms. The van der Waals surface area contributed by atoms with E-state index in [0.717, 1.165) is 32.4 Å². The Balaban J connectivity index is 1.91. The number of carbonyl (C=O) groups excluding carboxylic acids is 2. The molecule has 108 valence electrons. The van der Waals surface area contributed by atoms with Gasteiger partial charge in [0.2, 0.25) is 11.8 Å². The Kier molecular flexibility index (Phi) is 4.13. The molecular weight excluding hydrogens is 242 g/mol. The van der Waals surface area contributed by atoms with Crippen molar-refractivity contribution in [3.8, 4) is 0 Å². The standard InChI is InChI=1S/C14H25N3O2/c1-14(2,3)13(19)16-9-12(18)17-10-4-5-11(17)8-15-7-6-10/h10-11,15H,4-9H2,1-3H3,(H,16,19). The Hall–Kier alpha value is -1.10. The molecular formula is C14H25N3O2. The van der Waals surface area contributed by atoms with Gasteiger partial charge in [-0.3, -0.25) is 9.59 Å². The van der Waals surface area contributed by atoms with E-state index in [-0.39, 0.29) is 18.4 Å². The van der Waals surface area contributed by atoms with Crippen LogP contribution in [0.5, 0.6) is 0 Å². The summed E-state index contributed by atoms with van der Waals surface area (Å²) in [7, 11) is 0. The van der Waals surface area contributed by atoms with Crippen molar-refractivity contribution in [2.45, 2.75) is 52.1 Å². The van der Waals surface area contributed by atoms with Gasteiger partial charge in [-0.05, 0) is 25.8 Å². The lowest BCUT2D eigenvalue weighted by Gasteiger charge is -2.28. The largest absolute Gasteiger partial charge is 0.347 e. The molecule has 2 unspecified atom stereocenters. The van der Waals surface area contributed by atoms with Crippen LogP contribution in [0.25, 0.3) is 0 Å². The van der Waals surface area contributed by atoms with Crippen LogP contribution in [0.2, 0.25) is 0 Å². The molecule has 0 aliphatic carbocycles. The second kappa shape index (κ2) is 5.49. The molecule has 2 amide bonds. The third kappa shape index (κ3) is 3.26. The van der Waals surface area contributed by atoms with Gasteiger partial charge in [0.05, 0.1) is 6.54 Å². The molecule has 0 saturated carbocycles. The minimum absolute atomic E-state index is 0.0637. The summed E-state index contributed by atoms with van der Waals surface area (Å²) in [6.07, 6.45) is 3.21. The van der Waals surface area contributed by atoms with Gasteiger partial charge >= 0.3 is 0 Å². The van der Waals surface area contributed by atoms with Crippen LogP contribution >= 0.6 is 0 Å². The minimum Gasteiger partial charge on any atom is -0.347 e. The third-order valence-corrected chi connectivity index (χ3v) is 4.02. The maximum absolute atomic E-state index is 12.3. The first-order valence-corrected chi connectivity index (χ1v) is 7.20. The second-order valence-electron chi connectivity index (χ2n) is 6.61. The fourth-order valence-corrected chi connectivity index (χ4v) is 2.90. The average molecular weight is 267 g/mol. The number of amides is 2. The van der Waals surface area contributed by atoms with E-state index in [1.54, 1.807) is 0 Å². The number of fused-ring (bicyclic) bond motifs is 2. The number of hydrogen-bond donors (Lipinski definition) is 2. The van der Waals surface area contributed by atoms with Gasteiger partial charge in [-0.2, -0.15) is 0 Å². The van der Waals surface area contributed by atoms with Crippen molar-refractivity contribution in [1.82, 2.24) is 15.5 Å². The van der Waals surface area contributed by atoms with Crippen LogP contribution in [-0.2, 0) is 9.59 Å². The molecule has 2 atom stereocenters. The van der Waals surface area contributed by atoms with Gasteiger partial charge in [-0.1, -0.05) is 20.8 Å². The van der Waals surface area contributed by atoms with Crippen molar-refractivity contribution in [2.24, 2.45) is 5.41 Å². The van der Waals surface area contributed by atoms with E-state index in [4.69, 9.17) is 0 Å². The molecule has 0 aromatic heterocycles. The van der Waals surface area contributed by atoms with Gasteiger partial charge in [0.15, 0.2) is 0 Å². The van der Waals surface area contributed by atoms with Gasteiger partial charge in [0.1, 0.15) is 0 Å². The third-order valence-electron chi connectivity index (χ3n) is 4.02. The molecule has 0 radical (unpaired) electrons. The lowest BCUT2D eigenvalue weighted by molar-refractivity contribution is -0.136. The average Bonchev–Trinajstić information content (AvgIpc) is 2.58. The van der Waals surface area contributed by atoms with Gasteiger partial charge in [0, 0.05) is 24.0 Å². The molecule has 2 fully saturated rings. The first-order valence-electron chi connectivity index (χ1n) is 7.20. The number of hydrogen-bond acceptors (Lipinski definition) is 3. The first-order chi connectivity index (χ1) is 8.89. The van der Waals surface area contributed by atoms with Crippen molar-refractivity contribution in [1.29, 1.82) is 0 Å². The van der Waals surface area contributed by atoms with Gasteiger partial charge in [-0.15, -0.1) is 0 Å². The van der Waals surface area contributed by atoms with Crippen molar-refractivity contribution >= 4 is 11.8 Å². The number of carbonyl (C=O) groups is 2. The second-order valence-corrected chi connectivity index (χ2v) is 6.61. The Morgan fingerprint density at radius 2 is 1.89 bits per heavy atom. The van der Waals surface area contributed by atoms with Crippen molar-refractivity contribution in [2.75, 3.05) is 19.6 Å². The highest BCUT2D eigenvalue weighted by atomic mass is 16.2. The summed E-state index contributed by atoms with van der Waals surface area (Å²) < 4.78 is 0. The van der Waals surface area contributed by atoms with E-state index in [9.17, 15) is 9.59 Å². The first kappa shape index (κ1) is 14.3. The predicted octanol–water partition coefficient (Wildman–Crippen LogP) is 0.502. The van der Waals surface area contributed by atoms with Crippen LogP contribution in [-0.4, -0.2) is 48.4 Å². The molecule has 2 rings (SSSR count). The lowest BCUT2D eigenvalue weighted by Crippen LogP contribution is -2.48. The van der Waals surface area contributed by atoms with Crippen molar-refractivity contribution < 1.29 is 9.59 Å². The molecule has 5 nitrogen and oxygen atoms in total. The normalized spacial score (nSPS) is 27.0. The maximum Gasteiger partial charge on any atom is 0.242 e. The molecule has 0 aromatic carbocycles. The van der Waals surface area contributed by atoms with E-state index >= 15 is 0 Å². The van der Waals surface area contributed by atoms with Crippen LogP contribution in [0.4, 0.5) is 0 Å². The summed E-state index contributed by atoms with van der Waals surface area (Å²) in [5.74, 6) is -0.00468. The highest BCUT2D eigenvalue weighted by Gasteiger charge is 2.37. The maximum atomic E-state index is 12.3. The summed E-state index contributed by atoms with van der Waals surface area (Å²) in [5.41, 5.74) is -0.445. The fraction of sp³-hybridized carbons (Fsp3) is 0.857. The van der Waals surface area contributed by atoms with Gasteiger partial charge in [0.25, 0.3) is 0 Å². The topological polar surface area (TPSA) is 61.4 Å². The predicted molar refractivity (Wildman–Crippen MR) is 73.6 cm³/mol. The van der Waals surface area contributed by atoms with E-state index in [1.165, 1.54) is 0 Å². The Bertz CT molecular complexity index is 348. The van der Waals surface area contributed by atoms with Crippen LogP contribution < -0.4 is 10.6 Å². The van der Waals surface area contributed by atoms with Crippen LogP contribution in [0.3, 0.4) is 0 Å². The van der Waals surface area contributed by atoms with E-state index in [2.05, 4.69) is 10.6 Å². The summed E-state index contributed by atoms with van der Waals surface area (Å²) in [4.78, 5) is 26.1. The van der Waals surface area contributed by atoms with Crippen LogP contribution in [0.15, 0.2) is 0 Å². The molecule has 2 saturated heterocycles. The Morgan fingerprint density at radius 3 is 2.58 bits per heavy atom. The molecule has 2 bridgehead atoms. The highest BCUT2D eigenvalue weighted by molar-refractivity contribution is 5.87. The summed E-state index contributed by atoms with van der Waals surface area (Å²) in [6, 6.07) is 0.672. The van der Waals surface area contributed by atoms with E-state index in [0.29, 0.717) is 12.1 Å². The number of nitrogens with one attached hydrogen (secondary N) is 2. The number of nitrogens with zero attached hydrogens (tertiary/aromatic N) is 1. The van der Waals surface area contributed by atoms with E-state index in [1.807, 2.05) is 25.7 Å². The molecule has 5 heteroatoms. The quantitative estimate of drug-likeness (QED) is 0.766. The van der Waals surface area contributed by atoms with Crippen LogP contribution in [0, 0.1) is 5.41 Å². The van der Waals surface area contributed by atoms with Crippen LogP contribution in [0.1, 0.15) is 40.0 Å². The number of rotatable bonds is 2. The SMILES string of the molecule is CC(C)(C)C(=O)NCC(=O)N1C2CCNCC1CC2. The summed E-state index contributed by atoms with van der Waals surface area (Å²) in [5, 5.41) is 6.13. The summed E-state index contributed by atoms with van der Waals surface area (Å²) in [6.45, 7) is 7.56. The smallest absolute Gasteiger partial charge is 0.242 e. The highest BCUT2D eigenvalue weighted by Crippen LogP contribution is 2.27. The molecule has 0 spiro atoms. The summed E-state index contributed by atoms with van der Waals surface area (Å²) >= 11 is 0. The zero-order chi connectivity index (χ0) is 14.0. The molecule has 0 aromatic rings. The van der Waals surface area contributed by atoms with Gasteiger partial charge in [-0.25, -0.2) is 0 Å². The molecule has 2 aliphatic rings. The van der Waals surface area contributed by atoms with E-state index < -0.39 is 5.41 Å². The lowest BCUT2D eigenvalue weighted by atomic mass is 9.96. The minimum atomic E-state index is -0.445. The van der Waals surface area contributed by atoms with Gasteiger partial charge < -0.3 is 15.5 Å². The van der Waals surface area contributed by atoms with Crippen molar-refractivity contribution in [3.05, 3.63) is 0 Å². The molecule has 2 heterocycles. The fourth-order valence-electron chi connectivity index (χ4n) is 2.90. The molecule has 2 aliphatic heterocycles. The zero-order valence-electron chi connectivity index (χ0n) is 12.2. The monoisotopic (exact) mass is 267 g/mol. The van der Waals surface area contributed by atoms with Crippen molar-refractivity contribution in [3.63, 3.8) is 0 Å². The Labute approximate surface area is 115 Å². The molecule has 2 N–H and O–H groups in total.